The van der Waals surface area contributed by atoms with E-state index in [4.69, 9.17) is 4.74 Å². The Balaban J connectivity index is 1.54. The van der Waals surface area contributed by atoms with Crippen LogP contribution in [0, 0.1) is 5.92 Å². The van der Waals surface area contributed by atoms with Gasteiger partial charge in [0, 0.05) is 32.5 Å². The van der Waals surface area contributed by atoms with E-state index in [-0.39, 0.29) is 13.1 Å². The fourth-order valence-electron chi connectivity index (χ4n) is 2.51. The van der Waals surface area contributed by atoms with E-state index in [2.05, 4.69) is 10.3 Å². The lowest BCUT2D eigenvalue weighted by Crippen LogP contribution is -2.35. The van der Waals surface area contributed by atoms with Crippen LogP contribution in [0.5, 0.6) is 11.5 Å². The van der Waals surface area contributed by atoms with Gasteiger partial charge in [-0.1, -0.05) is 12.1 Å². The number of ketones is 1. The number of pyridine rings is 1. The van der Waals surface area contributed by atoms with Crippen molar-refractivity contribution < 1.29 is 19.1 Å². The maximum Gasteiger partial charge on any atom is 0.290 e. The van der Waals surface area contributed by atoms with Crippen LogP contribution in [0.25, 0.3) is 0 Å². The molecule has 3 rings (SSSR count). The van der Waals surface area contributed by atoms with Crippen molar-refractivity contribution in [2.75, 3.05) is 13.6 Å². The zero-order valence-corrected chi connectivity index (χ0v) is 13.6. The molecule has 0 bridgehead atoms. The fourth-order valence-corrected chi connectivity index (χ4v) is 2.51. The Morgan fingerprint density at radius 1 is 1.16 bits per heavy atom. The lowest BCUT2D eigenvalue weighted by Gasteiger charge is -2.10. The zero-order valence-electron chi connectivity index (χ0n) is 13.6. The quantitative estimate of drug-likeness (QED) is 0.652. The molecule has 1 saturated heterocycles. The van der Waals surface area contributed by atoms with Gasteiger partial charge in [-0.15, -0.1) is 0 Å². The number of nitrogens with one attached hydrogen (secondary N) is 1. The molecular weight excluding hydrogens is 322 g/mol. The Bertz CT molecular complexity index is 790. The number of nitrogens with zero attached hydrogens (tertiary/aromatic N) is 2. The number of ether oxygens (including phenoxy) is 1. The third-order valence-electron chi connectivity index (χ3n) is 3.92. The number of Topliss-reactive ketones (excluding diaryl/α,β-unsaturated/α-hetero) is 1. The second-order valence-corrected chi connectivity index (χ2v) is 5.75. The van der Waals surface area contributed by atoms with E-state index in [9.17, 15) is 14.4 Å². The molecule has 1 unspecified atom stereocenters. The number of benzene rings is 1. The largest absolute Gasteiger partial charge is 0.457 e. The highest BCUT2D eigenvalue weighted by Gasteiger charge is 2.41. The number of hydrogen-bond donors (Lipinski definition) is 1. The Morgan fingerprint density at radius 3 is 2.40 bits per heavy atom. The summed E-state index contributed by atoms with van der Waals surface area (Å²) in [5.41, 5.74) is 0.862. The highest BCUT2D eigenvalue weighted by atomic mass is 16.5. The SMILES string of the molecule is CN1CC(C(=O)NCc2ccc(Oc3ccncc3)cc2)C(=O)C1=O. The van der Waals surface area contributed by atoms with Gasteiger partial charge in [-0.25, -0.2) is 0 Å². The lowest BCUT2D eigenvalue weighted by atomic mass is 10.1. The van der Waals surface area contributed by atoms with Crippen molar-refractivity contribution in [1.82, 2.24) is 15.2 Å². The minimum Gasteiger partial charge on any atom is -0.457 e. The van der Waals surface area contributed by atoms with Crippen molar-refractivity contribution in [1.29, 1.82) is 0 Å². The predicted molar refractivity (Wildman–Crippen MR) is 88.7 cm³/mol. The van der Waals surface area contributed by atoms with Crippen molar-refractivity contribution in [3.63, 3.8) is 0 Å². The molecule has 25 heavy (non-hydrogen) atoms. The molecule has 0 spiro atoms. The summed E-state index contributed by atoms with van der Waals surface area (Å²) >= 11 is 0. The molecule has 2 amide bonds. The molecule has 0 saturated carbocycles. The summed E-state index contributed by atoms with van der Waals surface area (Å²) in [4.78, 5) is 40.4. The number of carbonyl (C=O) groups is 3. The topological polar surface area (TPSA) is 88.6 Å². The molecule has 1 aliphatic heterocycles. The molecule has 2 aromatic rings. The van der Waals surface area contributed by atoms with E-state index in [1.54, 1.807) is 36.7 Å². The highest BCUT2D eigenvalue weighted by Crippen LogP contribution is 2.20. The third-order valence-corrected chi connectivity index (χ3v) is 3.92. The average Bonchev–Trinajstić information content (AvgIpc) is 2.89. The van der Waals surface area contributed by atoms with E-state index in [1.165, 1.54) is 11.9 Å². The van der Waals surface area contributed by atoms with Gasteiger partial charge in [-0.05, 0) is 29.8 Å². The molecule has 1 aliphatic rings. The molecule has 1 aromatic carbocycles. The number of aromatic nitrogens is 1. The summed E-state index contributed by atoms with van der Waals surface area (Å²) in [7, 11) is 1.51. The van der Waals surface area contributed by atoms with Crippen LogP contribution in [0.15, 0.2) is 48.8 Å². The molecule has 7 nitrogen and oxygen atoms in total. The summed E-state index contributed by atoms with van der Waals surface area (Å²) < 4.78 is 5.66. The Labute approximate surface area is 144 Å². The molecule has 0 radical (unpaired) electrons. The first-order chi connectivity index (χ1) is 12.0. The normalized spacial score (nSPS) is 16.8. The van der Waals surface area contributed by atoms with Crippen LogP contribution in [-0.4, -0.2) is 41.1 Å². The first kappa shape index (κ1) is 16.6. The predicted octanol–water partition coefficient (Wildman–Crippen LogP) is 1.15. The molecular formula is C18H17N3O4. The summed E-state index contributed by atoms with van der Waals surface area (Å²) in [6.07, 6.45) is 3.29. The number of hydrogen-bond acceptors (Lipinski definition) is 5. The molecule has 0 aliphatic carbocycles. The number of rotatable bonds is 5. The molecule has 7 heteroatoms. The van der Waals surface area contributed by atoms with E-state index < -0.39 is 23.5 Å². The van der Waals surface area contributed by atoms with Gasteiger partial charge >= 0.3 is 0 Å². The third kappa shape index (κ3) is 3.82. The molecule has 1 fully saturated rings. The van der Waals surface area contributed by atoms with Gasteiger partial charge < -0.3 is 15.0 Å². The van der Waals surface area contributed by atoms with Gasteiger partial charge in [0.25, 0.3) is 5.91 Å². The maximum absolute atomic E-state index is 12.1. The Kier molecular flexibility index (Phi) is 4.74. The van der Waals surface area contributed by atoms with E-state index in [0.717, 1.165) is 5.56 Å². The van der Waals surface area contributed by atoms with Crippen LogP contribution in [0.2, 0.25) is 0 Å². The van der Waals surface area contributed by atoms with Crippen LogP contribution in [-0.2, 0) is 20.9 Å². The zero-order chi connectivity index (χ0) is 17.8. The molecule has 1 aromatic heterocycles. The maximum atomic E-state index is 12.1. The summed E-state index contributed by atoms with van der Waals surface area (Å²) in [6.45, 7) is 0.401. The first-order valence-corrected chi connectivity index (χ1v) is 7.78. The minimum atomic E-state index is -0.924. The molecule has 1 atom stereocenters. The second-order valence-electron chi connectivity index (χ2n) is 5.75. The summed E-state index contributed by atoms with van der Waals surface area (Å²) in [5, 5.41) is 2.69. The van der Waals surface area contributed by atoms with Crippen molar-refractivity contribution in [3.05, 3.63) is 54.4 Å². The van der Waals surface area contributed by atoms with E-state index >= 15 is 0 Å². The number of likely N-dealkylation sites (tertiary alicyclic amines) is 1. The van der Waals surface area contributed by atoms with Gasteiger partial charge in [0.1, 0.15) is 17.4 Å². The Hall–Kier alpha value is -3.22. The number of amides is 2. The monoisotopic (exact) mass is 339 g/mol. The standard InChI is InChI=1S/C18H17N3O4/c1-21-11-15(16(22)18(21)24)17(23)20-10-12-2-4-13(5-3-12)25-14-6-8-19-9-7-14/h2-9,15H,10-11H2,1H3,(H,20,23). The first-order valence-electron chi connectivity index (χ1n) is 7.78. The van der Waals surface area contributed by atoms with Gasteiger partial charge in [0.2, 0.25) is 11.7 Å². The van der Waals surface area contributed by atoms with Crippen LogP contribution >= 0.6 is 0 Å². The van der Waals surface area contributed by atoms with Crippen LogP contribution in [0.1, 0.15) is 5.56 Å². The average molecular weight is 339 g/mol. The van der Waals surface area contributed by atoms with Crippen molar-refractivity contribution >= 4 is 17.6 Å². The number of carbonyl (C=O) groups excluding carboxylic acids is 3. The Morgan fingerprint density at radius 2 is 1.80 bits per heavy atom. The fraction of sp³-hybridized carbons (Fsp3) is 0.222. The van der Waals surface area contributed by atoms with Gasteiger partial charge in [-0.3, -0.25) is 19.4 Å². The van der Waals surface area contributed by atoms with Crippen LogP contribution < -0.4 is 10.1 Å². The van der Waals surface area contributed by atoms with E-state index in [0.29, 0.717) is 11.5 Å². The van der Waals surface area contributed by atoms with Gasteiger partial charge in [0.05, 0.1) is 0 Å². The van der Waals surface area contributed by atoms with Gasteiger partial charge in [0.15, 0.2) is 0 Å². The summed E-state index contributed by atoms with van der Waals surface area (Å²) in [5.74, 6) is -1.27. The van der Waals surface area contributed by atoms with Gasteiger partial charge in [-0.2, -0.15) is 0 Å². The lowest BCUT2D eigenvalue weighted by molar-refractivity contribution is -0.142. The minimum absolute atomic E-state index is 0.127. The molecule has 2 heterocycles. The van der Waals surface area contributed by atoms with Crippen molar-refractivity contribution in [2.45, 2.75) is 6.54 Å². The van der Waals surface area contributed by atoms with Crippen molar-refractivity contribution in [2.24, 2.45) is 5.92 Å². The summed E-state index contributed by atoms with van der Waals surface area (Å²) in [6, 6.07) is 10.7. The van der Waals surface area contributed by atoms with Crippen molar-refractivity contribution in [3.8, 4) is 11.5 Å². The number of likely N-dealkylation sites (N-methyl/N-ethyl adjacent to an activating group) is 1. The van der Waals surface area contributed by atoms with Crippen LogP contribution in [0.3, 0.4) is 0 Å². The van der Waals surface area contributed by atoms with E-state index in [1.807, 2.05) is 12.1 Å². The molecule has 128 valence electrons. The second kappa shape index (κ2) is 7.12. The smallest absolute Gasteiger partial charge is 0.290 e. The van der Waals surface area contributed by atoms with Crippen LogP contribution in [0.4, 0.5) is 0 Å². The molecule has 1 N–H and O–H groups in total. The highest BCUT2D eigenvalue weighted by molar-refractivity contribution is 6.42.